The van der Waals surface area contributed by atoms with E-state index in [2.05, 4.69) is 0 Å². The van der Waals surface area contributed by atoms with Gasteiger partial charge in [-0.2, -0.15) is 0 Å². The Hall–Kier alpha value is -2.79. The zero-order valence-electron chi connectivity index (χ0n) is 18.8. The van der Waals surface area contributed by atoms with Crippen molar-refractivity contribution in [2.75, 3.05) is 20.3 Å². The molecule has 1 amide bonds. The quantitative estimate of drug-likeness (QED) is 0.440. The normalized spacial score (nSPS) is 11.3. The molecule has 0 saturated heterocycles. The van der Waals surface area contributed by atoms with Gasteiger partial charge in [-0.05, 0) is 43.5 Å². The summed E-state index contributed by atoms with van der Waals surface area (Å²) in [5, 5.41) is 0.855. The average molecular weight is 423 g/mol. The highest BCUT2D eigenvalue weighted by atomic mass is 19.1. The minimum absolute atomic E-state index is 0.0119. The van der Waals surface area contributed by atoms with E-state index in [-0.39, 0.29) is 17.6 Å². The highest BCUT2D eigenvalue weighted by molar-refractivity contribution is 5.84. The number of hydrogen-bond acceptors (Lipinski definition) is 3. The molecule has 5 heteroatoms. The minimum atomic E-state index is -0.312. The number of amides is 1. The van der Waals surface area contributed by atoms with E-state index < -0.39 is 0 Å². The van der Waals surface area contributed by atoms with Gasteiger partial charge in [0.1, 0.15) is 5.82 Å². The smallest absolute Gasteiger partial charge is 0.226 e. The van der Waals surface area contributed by atoms with Crippen LogP contribution in [0.2, 0.25) is 0 Å². The molecule has 3 rings (SSSR count). The predicted octanol–water partition coefficient (Wildman–Crippen LogP) is 5.76. The fraction of sp³-hybridized carbons (Fsp3) is 0.385. The monoisotopic (exact) mass is 422 g/mol. The van der Waals surface area contributed by atoms with Crippen LogP contribution in [0.5, 0.6) is 0 Å². The van der Waals surface area contributed by atoms with Crippen molar-refractivity contribution in [2.24, 2.45) is 5.92 Å². The summed E-state index contributed by atoms with van der Waals surface area (Å²) < 4.78 is 19.1. The molecule has 2 aromatic carbocycles. The molecule has 0 saturated carbocycles. The van der Waals surface area contributed by atoms with Gasteiger partial charge in [0, 0.05) is 43.1 Å². The van der Waals surface area contributed by atoms with Gasteiger partial charge in [-0.25, -0.2) is 9.37 Å². The zero-order chi connectivity index (χ0) is 22.4. The molecule has 4 nitrogen and oxygen atoms in total. The molecule has 1 aromatic heterocycles. The number of hydrogen-bond donors (Lipinski definition) is 0. The van der Waals surface area contributed by atoms with Crippen LogP contribution in [-0.4, -0.2) is 36.1 Å². The van der Waals surface area contributed by atoms with Crippen molar-refractivity contribution in [3.63, 3.8) is 0 Å². The van der Waals surface area contributed by atoms with E-state index in [4.69, 9.17) is 9.72 Å². The van der Waals surface area contributed by atoms with Crippen LogP contribution in [0, 0.1) is 18.7 Å². The van der Waals surface area contributed by atoms with Crippen LogP contribution in [-0.2, 0) is 16.1 Å². The highest BCUT2D eigenvalue weighted by Crippen LogP contribution is 2.28. The predicted molar refractivity (Wildman–Crippen MR) is 123 cm³/mol. The Morgan fingerprint density at radius 3 is 2.45 bits per heavy atom. The first-order valence-electron chi connectivity index (χ1n) is 10.9. The number of benzene rings is 2. The van der Waals surface area contributed by atoms with E-state index in [1.165, 1.54) is 12.1 Å². The topological polar surface area (TPSA) is 42.4 Å². The van der Waals surface area contributed by atoms with Gasteiger partial charge in [-0.15, -0.1) is 0 Å². The van der Waals surface area contributed by atoms with Gasteiger partial charge in [0.25, 0.3) is 0 Å². The Morgan fingerprint density at radius 1 is 1.10 bits per heavy atom. The molecule has 0 unspecified atom stereocenters. The van der Waals surface area contributed by atoms with Crippen LogP contribution >= 0.6 is 0 Å². The first kappa shape index (κ1) is 22.9. The number of halogens is 1. The van der Waals surface area contributed by atoms with Crippen molar-refractivity contribution in [3.8, 4) is 11.3 Å². The van der Waals surface area contributed by atoms with Gasteiger partial charge >= 0.3 is 0 Å². The summed E-state index contributed by atoms with van der Waals surface area (Å²) in [7, 11) is 1.64. The summed E-state index contributed by atoms with van der Waals surface area (Å²) >= 11 is 0. The summed E-state index contributed by atoms with van der Waals surface area (Å²) in [6.07, 6.45) is 1.61. The zero-order valence-corrected chi connectivity index (χ0v) is 18.8. The number of fused-ring (bicyclic) bond motifs is 1. The van der Waals surface area contributed by atoms with E-state index >= 15 is 0 Å². The van der Waals surface area contributed by atoms with Crippen LogP contribution < -0.4 is 0 Å². The Bertz CT molecular complexity index is 1030. The molecule has 0 radical (unpaired) electrons. The lowest BCUT2D eigenvalue weighted by Crippen LogP contribution is -2.37. The summed E-state index contributed by atoms with van der Waals surface area (Å²) in [6.45, 7) is 7.55. The Labute approximate surface area is 184 Å². The molecule has 0 aliphatic carbocycles. The van der Waals surface area contributed by atoms with E-state index in [1.807, 2.05) is 56.0 Å². The Balaban J connectivity index is 2.08. The number of carbonyl (C=O) groups is 1. The molecule has 1 heterocycles. The molecule has 0 fully saturated rings. The van der Waals surface area contributed by atoms with Crippen LogP contribution in [0.4, 0.5) is 4.39 Å². The van der Waals surface area contributed by atoms with Crippen molar-refractivity contribution in [1.82, 2.24) is 9.88 Å². The average Bonchev–Trinajstić information content (AvgIpc) is 2.77. The molecular weight excluding hydrogens is 391 g/mol. The van der Waals surface area contributed by atoms with Gasteiger partial charge in [0.05, 0.1) is 17.8 Å². The lowest BCUT2D eigenvalue weighted by molar-refractivity contribution is -0.137. The second-order valence-corrected chi connectivity index (χ2v) is 7.97. The number of nitrogens with zero attached hydrogens (tertiary/aromatic N) is 2. The second kappa shape index (κ2) is 10.5. The highest BCUT2D eigenvalue weighted by Gasteiger charge is 2.23. The third kappa shape index (κ3) is 5.47. The van der Waals surface area contributed by atoms with Gasteiger partial charge in [0.15, 0.2) is 0 Å². The summed E-state index contributed by atoms with van der Waals surface area (Å²) in [5.74, 6) is -0.188. The van der Waals surface area contributed by atoms with E-state index in [0.717, 1.165) is 40.6 Å². The van der Waals surface area contributed by atoms with E-state index in [9.17, 15) is 9.18 Å². The fourth-order valence-corrected chi connectivity index (χ4v) is 3.84. The standard InChI is InChI=1S/C26H31FN2O2/c1-5-19(6-2)26(30)29(13-14-31-4)17-22-15-21-11-12-23(27)16-24(21)28-25(22)20-9-7-18(3)8-10-20/h7-12,15-16,19H,5-6,13-14,17H2,1-4H3. The number of ether oxygens (including phenoxy) is 1. The molecule has 0 bridgehead atoms. The molecular formula is C26H31FN2O2. The second-order valence-electron chi connectivity index (χ2n) is 7.97. The van der Waals surface area contributed by atoms with Gasteiger partial charge < -0.3 is 9.64 Å². The van der Waals surface area contributed by atoms with Gasteiger partial charge in [-0.3, -0.25) is 4.79 Å². The summed E-state index contributed by atoms with van der Waals surface area (Å²) in [6, 6.07) is 14.8. The molecule has 164 valence electrons. The van der Waals surface area contributed by atoms with Crippen molar-refractivity contribution >= 4 is 16.8 Å². The van der Waals surface area contributed by atoms with E-state index in [1.54, 1.807) is 13.2 Å². The molecule has 0 atom stereocenters. The minimum Gasteiger partial charge on any atom is -0.383 e. The maximum absolute atomic E-state index is 13.8. The van der Waals surface area contributed by atoms with Crippen LogP contribution in [0.15, 0.2) is 48.5 Å². The number of methoxy groups -OCH3 is 1. The molecule has 0 spiro atoms. The van der Waals surface area contributed by atoms with Crippen LogP contribution in [0.1, 0.15) is 37.8 Å². The molecule has 0 aliphatic heterocycles. The lowest BCUT2D eigenvalue weighted by atomic mass is 9.99. The number of carbonyl (C=O) groups excluding carboxylic acids is 1. The third-order valence-corrected chi connectivity index (χ3v) is 5.76. The fourth-order valence-electron chi connectivity index (χ4n) is 3.84. The maximum atomic E-state index is 13.8. The molecule has 3 aromatic rings. The number of aromatic nitrogens is 1. The summed E-state index contributed by atoms with van der Waals surface area (Å²) in [4.78, 5) is 19.9. The first-order chi connectivity index (χ1) is 15.0. The largest absolute Gasteiger partial charge is 0.383 e. The van der Waals surface area contributed by atoms with Gasteiger partial charge in [-0.1, -0.05) is 43.7 Å². The summed E-state index contributed by atoms with van der Waals surface area (Å²) in [5.41, 5.74) is 4.43. The molecule has 0 N–H and O–H groups in total. The van der Waals surface area contributed by atoms with Gasteiger partial charge in [0.2, 0.25) is 5.91 Å². The first-order valence-corrected chi connectivity index (χ1v) is 10.9. The van der Waals surface area contributed by atoms with Crippen molar-refractivity contribution < 1.29 is 13.9 Å². The number of aryl methyl sites for hydroxylation is 1. The van der Waals surface area contributed by atoms with E-state index in [0.29, 0.717) is 25.2 Å². The molecule has 31 heavy (non-hydrogen) atoms. The SMILES string of the molecule is CCC(CC)C(=O)N(CCOC)Cc1cc2ccc(F)cc2nc1-c1ccc(C)cc1. The lowest BCUT2D eigenvalue weighted by Gasteiger charge is -2.27. The third-order valence-electron chi connectivity index (χ3n) is 5.76. The van der Waals surface area contributed by atoms with Crippen molar-refractivity contribution in [3.05, 3.63) is 65.5 Å². The van der Waals surface area contributed by atoms with Crippen LogP contribution in [0.3, 0.4) is 0 Å². The molecule has 0 aliphatic rings. The van der Waals surface area contributed by atoms with Crippen molar-refractivity contribution in [1.29, 1.82) is 0 Å². The number of pyridine rings is 1. The maximum Gasteiger partial charge on any atom is 0.226 e. The van der Waals surface area contributed by atoms with Crippen molar-refractivity contribution in [2.45, 2.75) is 40.2 Å². The Kier molecular flexibility index (Phi) is 7.75. The number of rotatable bonds is 9. The Morgan fingerprint density at radius 2 is 1.81 bits per heavy atom. The van der Waals surface area contributed by atoms with Crippen LogP contribution in [0.25, 0.3) is 22.2 Å².